The third-order valence-corrected chi connectivity index (χ3v) is 3.85. The molecule has 0 aliphatic carbocycles. The fraction of sp³-hybridized carbons (Fsp3) is 0.333. The largest absolute Gasteiger partial charge is 0.325 e. The highest BCUT2D eigenvalue weighted by Crippen LogP contribution is 2.25. The average Bonchev–Trinajstić information content (AvgIpc) is 2.91. The molecule has 106 valence electrons. The van der Waals surface area contributed by atoms with Gasteiger partial charge in [-0.25, -0.2) is 4.98 Å². The van der Waals surface area contributed by atoms with Crippen molar-refractivity contribution in [2.45, 2.75) is 26.8 Å². The van der Waals surface area contributed by atoms with Crippen LogP contribution in [0, 0.1) is 5.41 Å². The Morgan fingerprint density at radius 2 is 2.15 bits per heavy atom. The Balaban J connectivity index is 2.15. The van der Waals surface area contributed by atoms with Crippen molar-refractivity contribution >= 4 is 22.9 Å². The Hall–Kier alpha value is -1.72. The van der Waals surface area contributed by atoms with Crippen molar-refractivity contribution in [3.05, 3.63) is 35.8 Å². The van der Waals surface area contributed by atoms with Crippen LogP contribution in [0.1, 0.15) is 20.8 Å². The average molecular weight is 289 g/mol. The minimum Gasteiger partial charge on any atom is -0.325 e. The van der Waals surface area contributed by atoms with Gasteiger partial charge >= 0.3 is 0 Å². The van der Waals surface area contributed by atoms with Crippen molar-refractivity contribution < 1.29 is 4.79 Å². The zero-order valence-electron chi connectivity index (χ0n) is 11.9. The van der Waals surface area contributed by atoms with Gasteiger partial charge in [-0.15, -0.1) is 11.3 Å². The van der Waals surface area contributed by atoms with Crippen LogP contribution in [0.3, 0.4) is 0 Å². The number of benzene rings is 1. The molecule has 0 aliphatic heterocycles. The number of hydrogen-bond acceptors (Lipinski definition) is 4. The van der Waals surface area contributed by atoms with E-state index in [-0.39, 0.29) is 11.3 Å². The van der Waals surface area contributed by atoms with Crippen LogP contribution in [-0.2, 0) is 4.79 Å². The molecule has 0 fully saturated rings. The molecular weight excluding hydrogens is 270 g/mol. The summed E-state index contributed by atoms with van der Waals surface area (Å²) in [5.41, 5.74) is 7.41. The number of amides is 1. The van der Waals surface area contributed by atoms with Gasteiger partial charge in [0.15, 0.2) is 0 Å². The molecule has 4 nitrogen and oxygen atoms in total. The Bertz CT molecular complexity index is 587. The van der Waals surface area contributed by atoms with Gasteiger partial charge in [-0.2, -0.15) is 0 Å². The second kappa shape index (κ2) is 5.73. The number of thiazole rings is 1. The lowest BCUT2D eigenvalue weighted by molar-refractivity contribution is -0.119. The lowest BCUT2D eigenvalue weighted by Gasteiger charge is -2.25. The van der Waals surface area contributed by atoms with Crippen LogP contribution < -0.4 is 11.1 Å². The maximum absolute atomic E-state index is 12.1. The van der Waals surface area contributed by atoms with E-state index in [1.807, 2.05) is 50.4 Å². The fourth-order valence-electron chi connectivity index (χ4n) is 1.71. The molecule has 1 amide bonds. The van der Waals surface area contributed by atoms with E-state index >= 15 is 0 Å². The quantitative estimate of drug-likeness (QED) is 0.912. The number of rotatable bonds is 3. The van der Waals surface area contributed by atoms with E-state index in [0.717, 1.165) is 16.3 Å². The van der Waals surface area contributed by atoms with Crippen LogP contribution in [0.25, 0.3) is 10.6 Å². The number of nitrogens with zero attached hydrogens (tertiary/aromatic N) is 1. The van der Waals surface area contributed by atoms with E-state index in [9.17, 15) is 4.79 Å². The van der Waals surface area contributed by atoms with Gasteiger partial charge in [0.05, 0.1) is 6.04 Å². The molecule has 2 aromatic rings. The van der Waals surface area contributed by atoms with Crippen molar-refractivity contribution in [1.29, 1.82) is 0 Å². The van der Waals surface area contributed by atoms with E-state index < -0.39 is 6.04 Å². The lowest BCUT2D eigenvalue weighted by Crippen LogP contribution is -2.45. The predicted octanol–water partition coefficient (Wildman–Crippen LogP) is 3.12. The van der Waals surface area contributed by atoms with Crippen LogP contribution in [-0.4, -0.2) is 16.9 Å². The molecule has 0 spiro atoms. The maximum atomic E-state index is 12.1. The molecule has 0 unspecified atom stereocenters. The normalized spacial score (nSPS) is 13.0. The molecule has 1 atom stereocenters. The summed E-state index contributed by atoms with van der Waals surface area (Å²) < 4.78 is 0. The topological polar surface area (TPSA) is 68.0 Å². The maximum Gasteiger partial charge on any atom is 0.241 e. The molecule has 0 saturated carbocycles. The van der Waals surface area contributed by atoms with Crippen molar-refractivity contribution in [3.8, 4) is 10.6 Å². The summed E-state index contributed by atoms with van der Waals surface area (Å²) in [6.45, 7) is 5.84. The number of anilines is 1. The Morgan fingerprint density at radius 3 is 2.75 bits per heavy atom. The molecule has 5 heteroatoms. The molecule has 0 saturated heterocycles. The van der Waals surface area contributed by atoms with Crippen LogP contribution >= 0.6 is 11.3 Å². The Morgan fingerprint density at radius 1 is 1.40 bits per heavy atom. The van der Waals surface area contributed by atoms with Gasteiger partial charge in [0.25, 0.3) is 0 Å². The van der Waals surface area contributed by atoms with Crippen molar-refractivity contribution in [2.24, 2.45) is 11.1 Å². The van der Waals surface area contributed by atoms with Gasteiger partial charge in [0.2, 0.25) is 5.91 Å². The summed E-state index contributed by atoms with van der Waals surface area (Å²) in [6, 6.07) is 7.08. The highest BCUT2D eigenvalue weighted by Gasteiger charge is 2.27. The van der Waals surface area contributed by atoms with Crippen LogP contribution in [0.2, 0.25) is 0 Å². The number of nitrogens with one attached hydrogen (secondary N) is 1. The standard InChI is InChI=1S/C15H19N3OS/c1-15(2,3)12(16)13(19)18-11-6-4-5-10(9-11)14-17-7-8-20-14/h4-9,12H,16H2,1-3H3,(H,18,19)/t12-/m1/s1. The van der Waals surface area contributed by atoms with E-state index in [2.05, 4.69) is 10.3 Å². The SMILES string of the molecule is CC(C)(C)[C@H](N)C(=O)Nc1cccc(-c2nccs2)c1. The van der Waals surface area contributed by atoms with Gasteiger partial charge < -0.3 is 11.1 Å². The fourth-order valence-corrected chi connectivity index (χ4v) is 2.34. The molecule has 1 aromatic carbocycles. The molecular formula is C15H19N3OS. The molecule has 1 heterocycles. The zero-order valence-corrected chi connectivity index (χ0v) is 12.7. The van der Waals surface area contributed by atoms with Crippen LogP contribution in [0.5, 0.6) is 0 Å². The monoisotopic (exact) mass is 289 g/mol. The summed E-state index contributed by atoms with van der Waals surface area (Å²) in [5, 5.41) is 5.72. The second-order valence-electron chi connectivity index (χ2n) is 5.75. The zero-order chi connectivity index (χ0) is 14.8. The number of carbonyl (C=O) groups excluding carboxylic acids is 1. The first kappa shape index (κ1) is 14.7. The summed E-state index contributed by atoms with van der Waals surface area (Å²) >= 11 is 1.57. The molecule has 0 aliphatic rings. The smallest absolute Gasteiger partial charge is 0.241 e. The van der Waals surface area contributed by atoms with E-state index in [1.54, 1.807) is 17.5 Å². The van der Waals surface area contributed by atoms with Gasteiger partial charge in [0.1, 0.15) is 5.01 Å². The van der Waals surface area contributed by atoms with Crippen LogP contribution in [0.15, 0.2) is 35.8 Å². The van der Waals surface area contributed by atoms with E-state index in [0.29, 0.717) is 0 Å². The Labute approximate surface area is 123 Å². The number of hydrogen-bond donors (Lipinski definition) is 2. The summed E-state index contributed by atoms with van der Waals surface area (Å²) in [7, 11) is 0. The lowest BCUT2D eigenvalue weighted by atomic mass is 9.87. The van der Waals surface area contributed by atoms with E-state index in [1.165, 1.54) is 0 Å². The number of carbonyl (C=O) groups is 1. The van der Waals surface area contributed by atoms with Crippen LogP contribution in [0.4, 0.5) is 5.69 Å². The number of nitrogens with two attached hydrogens (primary N) is 1. The van der Waals surface area contributed by atoms with Gasteiger partial charge in [-0.05, 0) is 17.5 Å². The first-order chi connectivity index (χ1) is 9.38. The van der Waals surface area contributed by atoms with Gasteiger partial charge in [-0.1, -0.05) is 32.9 Å². The third-order valence-electron chi connectivity index (χ3n) is 3.02. The van der Waals surface area contributed by atoms with Crippen molar-refractivity contribution in [2.75, 3.05) is 5.32 Å². The van der Waals surface area contributed by atoms with E-state index in [4.69, 9.17) is 5.73 Å². The highest BCUT2D eigenvalue weighted by atomic mass is 32.1. The Kier molecular flexibility index (Phi) is 4.20. The minimum atomic E-state index is -0.550. The second-order valence-corrected chi connectivity index (χ2v) is 6.65. The molecule has 2 rings (SSSR count). The minimum absolute atomic E-state index is 0.172. The molecule has 0 radical (unpaired) electrons. The van der Waals surface area contributed by atoms with Crippen molar-refractivity contribution in [1.82, 2.24) is 4.98 Å². The molecule has 0 bridgehead atoms. The molecule has 20 heavy (non-hydrogen) atoms. The molecule has 1 aromatic heterocycles. The van der Waals surface area contributed by atoms with Gasteiger partial charge in [-0.3, -0.25) is 4.79 Å². The highest BCUT2D eigenvalue weighted by molar-refractivity contribution is 7.13. The summed E-state index contributed by atoms with van der Waals surface area (Å²) in [4.78, 5) is 16.4. The predicted molar refractivity (Wildman–Crippen MR) is 83.6 cm³/mol. The third kappa shape index (κ3) is 3.43. The summed E-state index contributed by atoms with van der Waals surface area (Å²) in [6.07, 6.45) is 1.76. The first-order valence-electron chi connectivity index (χ1n) is 6.44. The number of aromatic nitrogens is 1. The summed E-state index contributed by atoms with van der Waals surface area (Å²) in [5.74, 6) is -0.172. The van der Waals surface area contributed by atoms with Gasteiger partial charge in [0, 0.05) is 22.8 Å². The molecule has 3 N–H and O–H groups in total. The van der Waals surface area contributed by atoms with Crippen molar-refractivity contribution in [3.63, 3.8) is 0 Å². The first-order valence-corrected chi connectivity index (χ1v) is 7.32.